The van der Waals surface area contributed by atoms with Gasteiger partial charge in [-0.15, -0.1) is 0 Å². The van der Waals surface area contributed by atoms with Crippen molar-refractivity contribution in [3.63, 3.8) is 0 Å². The van der Waals surface area contributed by atoms with Crippen LogP contribution in [-0.2, 0) is 13.0 Å². The maximum atomic E-state index is 4.21. The number of halogens is 1. The Morgan fingerprint density at radius 2 is 2.21 bits per heavy atom. The van der Waals surface area contributed by atoms with Gasteiger partial charge in [0, 0.05) is 25.8 Å². The molecule has 2 heterocycles. The number of hydrogen-bond donors (Lipinski definition) is 1. The number of rotatable bonds is 3. The fourth-order valence-electron chi connectivity index (χ4n) is 2.41. The van der Waals surface area contributed by atoms with E-state index in [1.807, 2.05) is 18.3 Å². The fourth-order valence-corrected chi connectivity index (χ4v) is 2.65. The van der Waals surface area contributed by atoms with Gasteiger partial charge in [-0.25, -0.2) is 4.98 Å². The van der Waals surface area contributed by atoms with E-state index in [-0.39, 0.29) is 0 Å². The van der Waals surface area contributed by atoms with Crippen molar-refractivity contribution < 1.29 is 0 Å². The smallest absolute Gasteiger partial charge is 0.106 e. The first-order chi connectivity index (χ1) is 9.22. The molecule has 1 aromatic heterocycles. The molecule has 0 bridgehead atoms. The number of likely N-dealkylation sites (N-methyl/N-ethyl adjacent to an activating group) is 1. The molecule has 3 nitrogen and oxygen atoms in total. The first-order valence-corrected chi connectivity index (χ1v) is 7.20. The van der Waals surface area contributed by atoms with Crippen molar-refractivity contribution in [1.29, 1.82) is 0 Å². The van der Waals surface area contributed by atoms with Crippen LogP contribution in [0.4, 0.5) is 11.4 Å². The van der Waals surface area contributed by atoms with Crippen LogP contribution in [-0.4, -0.2) is 18.6 Å². The molecule has 0 fully saturated rings. The first-order valence-electron chi connectivity index (χ1n) is 6.41. The number of anilines is 2. The summed E-state index contributed by atoms with van der Waals surface area (Å²) < 4.78 is 0.860. The second kappa shape index (κ2) is 5.21. The summed E-state index contributed by atoms with van der Waals surface area (Å²) in [6, 6.07) is 10.7. The van der Waals surface area contributed by atoms with E-state index in [9.17, 15) is 0 Å². The highest BCUT2D eigenvalue weighted by molar-refractivity contribution is 9.10. The lowest BCUT2D eigenvalue weighted by Crippen LogP contribution is -2.12. The van der Waals surface area contributed by atoms with Gasteiger partial charge >= 0.3 is 0 Å². The molecule has 1 N–H and O–H groups in total. The molecular weight excluding hydrogens is 302 g/mol. The Morgan fingerprint density at radius 3 is 3.00 bits per heavy atom. The molecule has 4 heteroatoms. The number of fused-ring (bicyclic) bond motifs is 1. The lowest BCUT2D eigenvalue weighted by atomic mass is 10.1. The molecule has 1 aliphatic rings. The minimum atomic E-state index is 0.834. The molecule has 19 heavy (non-hydrogen) atoms. The summed E-state index contributed by atoms with van der Waals surface area (Å²) >= 11 is 3.34. The maximum absolute atomic E-state index is 4.21. The average molecular weight is 318 g/mol. The minimum Gasteiger partial charge on any atom is -0.380 e. The van der Waals surface area contributed by atoms with E-state index < -0.39 is 0 Å². The van der Waals surface area contributed by atoms with E-state index in [0.29, 0.717) is 0 Å². The van der Waals surface area contributed by atoms with Crippen molar-refractivity contribution in [1.82, 2.24) is 4.98 Å². The third-order valence-electron chi connectivity index (χ3n) is 3.50. The summed E-state index contributed by atoms with van der Waals surface area (Å²) in [5.41, 5.74) is 5.18. The highest BCUT2D eigenvalue weighted by Gasteiger charge is 2.15. The van der Waals surface area contributed by atoms with E-state index in [4.69, 9.17) is 0 Å². The fraction of sp³-hybridized carbons (Fsp3) is 0.267. The summed E-state index contributed by atoms with van der Waals surface area (Å²) in [5, 5.41) is 3.39. The number of aromatic nitrogens is 1. The molecule has 1 aromatic carbocycles. The van der Waals surface area contributed by atoms with Crippen molar-refractivity contribution in [2.45, 2.75) is 13.0 Å². The Bertz CT molecular complexity index is 580. The highest BCUT2D eigenvalue weighted by Crippen LogP contribution is 2.27. The summed E-state index contributed by atoms with van der Waals surface area (Å²) in [6.07, 6.45) is 2.99. The highest BCUT2D eigenvalue weighted by atomic mass is 79.9. The van der Waals surface area contributed by atoms with Gasteiger partial charge in [0.05, 0.1) is 11.9 Å². The molecule has 0 unspecified atom stereocenters. The largest absolute Gasteiger partial charge is 0.380 e. The molecule has 0 aliphatic carbocycles. The molecule has 0 saturated carbocycles. The van der Waals surface area contributed by atoms with Gasteiger partial charge in [-0.3, -0.25) is 0 Å². The first kappa shape index (κ1) is 12.5. The molecule has 1 aliphatic heterocycles. The zero-order chi connectivity index (χ0) is 13.2. The SMILES string of the molecule is CN1CCc2cc(CNc3ccc(Br)nc3)ccc21. The average Bonchev–Trinajstić information content (AvgIpc) is 2.79. The number of benzene rings is 1. The van der Waals surface area contributed by atoms with Crippen LogP contribution in [0.2, 0.25) is 0 Å². The third-order valence-corrected chi connectivity index (χ3v) is 3.96. The monoisotopic (exact) mass is 317 g/mol. The van der Waals surface area contributed by atoms with Gasteiger partial charge < -0.3 is 10.2 Å². The van der Waals surface area contributed by atoms with Crippen molar-refractivity contribution in [3.8, 4) is 0 Å². The lowest BCUT2D eigenvalue weighted by molar-refractivity contribution is 0.955. The van der Waals surface area contributed by atoms with Crippen molar-refractivity contribution in [2.24, 2.45) is 0 Å². The molecule has 0 atom stereocenters. The van der Waals surface area contributed by atoms with Gasteiger partial charge in [-0.05, 0) is 51.7 Å². The zero-order valence-corrected chi connectivity index (χ0v) is 12.4. The van der Waals surface area contributed by atoms with Crippen LogP contribution >= 0.6 is 15.9 Å². The second-order valence-corrected chi connectivity index (χ2v) is 5.67. The number of pyridine rings is 1. The van der Waals surface area contributed by atoms with Crippen molar-refractivity contribution >= 4 is 27.3 Å². The van der Waals surface area contributed by atoms with Crippen LogP contribution in [0.3, 0.4) is 0 Å². The summed E-state index contributed by atoms with van der Waals surface area (Å²) in [7, 11) is 2.15. The minimum absolute atomic E-state index is 0.834. The Kier molecular flexibility index (Phi) is 3.42. The molecule has 0 spiro atoms. The number of nitrogens with one attached hydrogen (secondary N) is 1. The van der Waals surface area contributed by atoms with E-state index in [0.717, 1.165) is 29.8 Å². The molecular formula is C15H16BrN3. The van der Waals surface area contributed by atoms with Gasteiger partial charge in [0.25, 0.3) is 0 Å². The Balaban J connectivity index is 1.69. The molecule has 98 valence electrons. The Hall–Kier alpha value is -1.55. The van der Waals surface area contributed by atoms with Crippen LogP contribution in [0.1, 0.15) is 11.1 Å². The molecule has 2 aromatic rings. The van der Waals surface area contributed by atoms with E-state index in [1.165, 1.54) is 16.8 Å². The van der Waals surface area contributed by atoms with Gasteiger partial charge in [-0.1, -0.05) is 12.1 Å². The Labute approximate surface area is 121 Å². The second-order valence-electron chi connectivity index (χ2n) is 4.86. The van der Waals surface area contributed by atoms with Gasteiger partial charge in [0.2, 0.25) is 0 Å². The van der Waals surface area contributed by atoms with Gasteiger partial charge in [0.15, 0.2) is 0 Å². The topological polar surface area (TPSA) is 28.2 Å². The molecule has 0 radical (unpaired) electrons. The summed E-state index contributed by atoms with van der Waals surface area (Å²) in [6.45, 7) is 1.96. The van der Waals surface area contributed by atoms with Crippen molar-refractivity contribution in [3.05, 3.63) is 52.3 Å². The number of nitrogens with zero attached hydrogens (tertiary/aromatic N) is 2. The van der Waals surface area contributed by atoms with E-state index in [1.54, 1.807) is 0 Å². The molecule has 0 amide bonds. The lowest BCUT2D eigenvalue weighted by Gasteiger charge is -2.12. The summed E-state index contributed by atoms with van der Waals surface area (Å²) in [4.78, 5) is 6.52. The standard InChI is InChI=1S/C15H16BrN3/c1-19-7-6-12-8-11(2-4-14(12)19)9-17-13-3-5-15(16)18-10-13/h2-5,8,10,17H,6-7,9H2,1H3. The van der Waals surface area contributed by atoms with Crippen molar-refractivity contribution in [2.75, 3.05) is 23.8 Å². The quantitative estimate of drug-likeness (QED) is 0.879. The number of hydrogen-bond acceptors (Lipinski definition) is 3. The van der Waals surface area contributed by atoms with Gasteiger partial charge in [-0.2, -0.15) is 0 Å². The molecule has 0 saturated heterocycles. The predicted octanol–water partition coefficient (Wildman–Crippen LogP) is 3.45. The van der Waals surface area contributed by atoms with E-state index >= 15 is 0 Å². The van der Waals surface area contributed by atoms with Gasteiger partial charge in [0.1, 0.15) is 4.60 Å². The molecule has 3 rings (SSSR count). The summed E-state index contributed by atoms with van der Waals surface area (Å²) in [5.74, 6) is 0. The normalized spacial score (nSPS) is 13.5. The van der Waals surface area contributed by atoms with Crippen LogP contribution < -0.4 is 10.2 Å². The van der Waals surface area contributed by atoms with Crippen LogP contribution in [0.25, 0.3) is 0 Å². The van der Waals surface area contributed by atoms with Crippen LogP contribution in [0, 0.1) is 0 Å². The zero-order valence-electron chi connectivity index (χ0n) is 10.9. The predicted molar refractivity (Wildman–Crippen MR) is 82.7 cm³/mol. The van der Waals surface area contributed by atoms with E-state index in [2.05, 4.69) is 56.4 Å². The maximum Gasteiger partial charge on any atom is 0.106 e. The third kappa shape index (κ3) is 2.73. The van der Waals surface area contributed by atoms with Crippen LogP contribution in [0.5, 0.6) is 0 Å². The Morgan fingerprint density at radius 1 is 1.32 bits per heavy atom. The van der Waals surface area contributed by atoms with Crippen LogP contribution in [0.15, 0.2) is 41.1 Å².